The summed E-state index contributed by atoms with van der Waals surface area (Å²) in [5.74, 6) is 1.02. The number of aromatic nitrogens is 3. The van der Waals surface area contributed by atoms with Crippen molar-refractivity contribution in [1.82, 2.24) is 19.9 Å². The molecule has 1 N–H and O–H groups in total. The molecule has 0 bridgehead atoms. The van der Waals surface area contributed by atoms with E-state index in [1.807, 2.05) is 38.2 Å². The molecular formula is C20H22N4O. The largest absolute Gasteiger partial charge is 0.310 e. The molecule has 0 fully saturated rings. The summed E-state index contributed by atoms with van der Waals surface area (Å²) in [6.45, 7) is 6.44. The topological polar surface area (TPSA) is 61.9 Å². The van der Waals surface area contributed by atoms with Crippen molar-refractivity contribution in [2.75, 3.05) is 6.54 Å². The molecule has 5 heteroatoms. The van der Waals surface area contributed by atoms with Gasteiger partial charge >= 0.3 is 0 Å². The number of benzene rings is 1. The number of H-pyrrole nitrogens is 1. The van der Waals surface area contributed by atoms with Crippen LogP contribution in [-0.2, 0) is 19.5 Å². The molecule has 0 unspecified atom stereocenters. The summed E-state index contributed by atoms with van der Waals surface area (Å²) in [6, 6.07) is 10.3. The molecule has 5 nitrogen and oxygen atoms in total. The lowest BCUT2D eigenvalue weighted by Crippen LogP contribution is -2.36. The summed E-state index contributed by atoms with van der Waals surface area (Å²) < 4.78 is 0. The van der Waals surface area contributed by atoms with Gasteiger partial charge in [-0.05, 0) is 17.7 Å². The van der Waals surface area contributed by atoms with E-state index in [0.29, 0.717) is 6.54 Å². The number of pyridine rings is 1. The molecule has 1 aliphatic rings. The van der Waals surface area contributed by atoms with E-state index in [1.54, 1.807) is 0 Å². The van der Waals surface area contributed by atoms with E-state index in [-0.39, 0.29) is 11.5 Å². The molecule has 128 valence electrons. The van der Waals surface area contributed by atoms with Gasteiger partial charge in [0.15, 0.2) is 0 Å². The van der Waals surface area contributed by atoms with Crippen LogP contribution in [0.2, 0.25) is 0 Å². The summed E-state index contributed by atoms with van der Waals surface area (Å²) in [7, 11) is 0. The lowest BCUT2D eigenvalue weighted by Gasteiger charge is -2.28. The van der Waals surface area contributed by atoms with Crippen LogP contribution in [0.4, 0.5) is 0 Å². The summed E-state index contributed by atoms with van der Waals surface area (Å²) in [5, 5.41) is 1.15. The molecule has 0 spiro atoms. The lowest BCUT2D eigenvalue weighted by atomic mass is 10.0. The fourth-order valence-electron chi connectivity index (χ4n) is 3.37. The highest BCUT2D eigenvalue weighted by Crippen LogP contribution is 2.19. The number of hydrogen-bond donors (Lipinski definition) is 1. The van der Waals surface area contributed by atoms with Crippen LogP contribution in [-0.4, -0.2) is 26.4 Å². The third kappa shape index (κ3) is 3.20. The van der Waals surface area contributed by atoms with Crippen LogP contribution in [0.25, 0.3) is 10.9 Å². The predicted octanol–water partition coefficient (Wildman–Crippen LogP) is 3.00. The zero-order chi connectivity index (χ0) is 17.4. The monoisotopic (exact) mass is 334 g/mol. The van der Waals surface area contributed by atoms with Crippen molar-refractivity contribution in [1.29, 1.82) is 0 Å². The van der Waals surface area contributed by atoms with E-state index in [0.717, 1.165) is 47.5 Å². The van der Waals surface area contributed by atoms with Gasteiger partial charge in [-0.3, -0.25) is 14.7 Å². The summed E-state index contributed by atoms with van der Waals surface area (Å²) in [4.78, 5) is 26.9. The van der Waals surface area contributed by atoms with Crippen LogP contribution >= 0.6 is 0 Å². The minimum atomic E-state index is 0.00929. The molecule has 1 aromatic carbocycles. The Bertz CT molecular complexity index is 977. The Hall–Kier alpha value is -2.53. The zero-order valence-electron chi connectivity index (χ0n) is 14.6. The van der Waals surface area contributed by atoms with E-state index < -0.39 is 0 Å². The van der Waals surface area contributed by atoms with Gasteiger partial charge in [0.25, 0.3) is 5.56 Å². The Balaban J connectivity index is 1.56. The summed E-state index contributed by atoms with van der Waals surface area (Å²) >= 11 is 0. The van der Waals surface area contributed by atoms with E-state index in [1.165, 1.54) is 5.56 Å². The molecule has 25 heavy (non-hydrogen) atoms. The summed E-state index contributed by atoms with van der Waals surface area (Å²) in [6.07, 6.45) is 2.75. The Morgan fingerprint density at radius 3 is 2.96 bits per heavy atom. The normalized spacial score (nSPS) is 14.8. The van der Waals surface area contributed by atoms with Gasteiger partial charge in [0.1, 0.15) is 5.82 Å². The fraction of sp³-hybridized carbons (Fsp3) is 0.350. The van der Waals surface area contributed by atoms with Crippen LogP contribution in [0, 0.1) is 0 Å². The SMILES string of the molecule is CC(C)c1nc2c(c(=O)[nH]1)CN(Cc1cnc3ccccc3c1)CC2. The van der Waals surface area contributed by atoms with Gasteiger partial charge in [-0.1, -0.05) is 32.0 Å². The second-order valence-corrected chi connectivity index (χ2v) is 7.03. The molecule has 1 aliphatic heterocycles. The molecule has 0 saturated carbocycles. The quantitative estimate of drug-likeness (QED) is 0.800. The zero-order valence-corrected chi connectivity index (χ0v) is 14.6. The van der Waals surface area contributed by atoms with Gasteiger partial charge in [-0.25, -0.2) is 4.98 Å². The van der Waals surface area contributed by atoms with Crippen molar-refractivity contribution in [2.45, 2.75) is 39.3 Å². The highest BCUT2D eigenvalue weighted by Gasteiger charge is 2.21. The number of nitrogens with one attached hydrogen (secondary N) is 1. The van der Waals surface area contributed by atoms with Gasteiger partial charge in [-0.15, -0.1) is 0 Å². The molecule has 3 heterocycles. The molecule has 0 saturated heterocycles. The van der Waals surface area contributed by atoms with Crippen molar-refractivity contribution >= 4 is 10.9 Å². The minimum absolute atomic E-state index is 0.00929. The molecule has 0 atom stereocenters. The van der Waals surface area contributed by atoms with Gasteiger partial charge in [0.05, 0.1) is 16.8 Å². The van der Waals surface area contributed by atoms with Crippen molar-refractivity contribution < 1.29 is 0 Å². The molecule has 0 amide bonds. The summed E-state index contributed by atoms with van der Waals surface area (Å²) in [5.41, 5.74) is 3.96. The number of rotatable bonds is 3. The average Bonchev–Trinajstić information content (AvgIpc) is 2.62. The van der Waals surface area contributed by atoms with Crippen molar-refractivity contribution in [2.24, 2.45) is 0 Å². The van der Waals surface area contributed by atoms with Crippen molar-refractivity contribution in [3.05, 3.63) is 69.5 Å². The molecule has 2 aromatic heterocycles. The standard InChI is InChI=1S/C20H22N4O/c1-13(2)19-22-18-7-8-24(12-16(18)20(25)23-19)11-14-9-15-5-3-4-6-17(15)21-10-14/h3-6,9-10,13H,7-8,11-12H2,1-2H3,(H,22,23,25). The highest BCUT2D eigenvalue weighted by atomic mass is 16.1. The van der Waals surface area contributed by atoms with Gasteiger partial charge in [0.2, 0.25) is 0 Å². The number of aromatic amines is 1. The molecule has 0 aliphatic carbocycles. The first-order valence-corrected chi connectivity index (χ1v) is 8.78. The lowest BCUT2D eigenvalue weighted by molar-refractivity contribution is 0.241. The fourth-order valence-corrected chi connectivity index (χ4v) is 3.37. The first kappa shape index (κ1) is 16.0. The molecular weight excluding hydrogens is 312 g/mol. The molecule has 4 rings (SSSR count). The smallest absolute Gasteiger partial charge is 0.255 e. The van der Waals surface area contributed by atoms with E-state index >= 15 is 0 Å². The highest BCUT2D eigenvalue weighted by molar-refractivity contribution is 5.78. The molecule has 0 radical (unpaired) electrons. The maximum absolute atomic E-state index is 12.4. The van der Waals surface area contributed by atoms with Gasteiger partial charge in [-0.2, -0.15) is 0 Å². The van der Waals surface area contributed by atoms with Crippen LogP contribution < -0.4 is 5.56 Å². The Morgan fingerprint density at radius 2 is 2.12 bits per heavy atom. The first-order chi connectivity index (χ1) is 12.1. The Morgan fingerprint density at radius 1 is 1.28 bits per heavy atom. The maximum Gasteiger partial charge on any atom is 0.255 e. The van der Waals surface area contributed by atoms with Gasteiger partial charge < -0.3 is 4.98 Å². The van der Waals surface area contributed by atoms with Crippen LogP contribution in [0.15, 0.2) is 41.3 Å². The van der Waals surface area contributed by atoms with Crippen LogP contribution in [0.5, 0.6) is 0 Å². The van der Waals surface area contributed by atoms with Crippen molar-refractivity contribution in [3.8, 4) is 0 Å². The second kappa shape index (κ2) is 6.41. The average molecular weight is 334 g/mol. The third-order valence-corrected chi connectivity index (χ3v) is 4.77. The van der Waals surface area contributed by atoms with Crippen LogP contribution in [0.3, 0.4) is 0 Å². The van der Waals surface area contributed by atoms with Crippen molar-refractivity contribution in [3.63, 3.8) is 0 Å². The van der Waals surface area contributed by atoms with E-state index in [2.05, 4.69) is 32.0 Å². The Kier molecular flexibility index (Phi) is 4.09. The number of nitrogens with zero attached hydrogens (tertiary/aromatic N) is 3. The second-order valence-electron chi connectivity index (χ2n) is 7.03. The molecule has 3 aromatic rings. The first-order valence-electron chi connectivity index (χ1n) is 8.78. The number of fused-ring (bicyclic) bond motifs is 2. The third-order valence-electron chi connectivity index (χ3n) is 4.77. The predicted molar refractivity (Wildman–Crippen MR) is 98.5 cm³/mol. The Labute approximate surface area is 146 Å². The minimum Gasteiger partial charge on any atom is -0.310 e. The number of hydrogen-bond acceptors (Lipinski definition) is 4. The van der Waals surface area contributed by atoms with Gasteiger partial charge in [0, 0.05) is 43.6 Å². The van der Waals surface area contributed by atoms with E-state index in [9.17, 15) is 4.79 Å². The number of para-hydroxylation sites is 1. The van der Waals surface area contributed by atoms with Crippen LogP contribution in [0.1, 0.15) is 42.4 Å². The maximum atomic E-state index is 12.4. The van der Waals surface area contributed by atoms with E-state index in [4.69, 9.17) is 0 Å².